The van der Waals surface area contributed by atoms with Crippen LogP contribution in [-0.2, 0) is 0 Å². The van der Waals surface area contributed by atoms with E-state index in [2.05, 4.69) is 20.2 Å². The number of aromatic nitrogens is 2. The van der Waals surface area contributed by atoms with Gasteiger partial charge in [0.05, 0.1) is 4.92 Å². The van der Waals surface area contributed by atoms with Crippen LogP contribution in [0.1, 0.15) is 20.3 Å². The van der Waals surface area contributed by atoms with Crippen LogP contribution in [0.3, 0.4) is 0 Å². The minimum atomic E-state index is -0.431. The molecule has 0 radical (unpaired) electrons. The summed E-state index contributed by atoms with van der Waals surface area (Å²) in [6, 6.07) is 0. The van der Waals surface area contributed by atoms with Crippen LogP contribution in [0.25, 0.3) is 0 Å². The zero-order valence-corrected chi connectivity index (χ0v) is 13.2. The van der Waals surface area contributed by atoms with Crippen molar-refractivity contribution in [3.8, 4) is 0 Å². The second kappa shape index (κ2) is 8.35. The summed E-state index contributed by atoms with van der Waals surface area (Å²) in [5.41, 5.74) is -0.0524. The van der Waals surface area contributed by atoms with Crippen molar-refractivity contribution in [3.05, 3.63) is 16.3 Å². The summed E-state index contributed by atoms with van der Waals surface area (Å²) >= 11 is 0. The monoisotopic (exact) mass is 296 g/mol. The lowest BCUT2D eigenvalue weighted by atomic mass is 10.3. The Balaban J connectivity index is 2.97. The normalized spacial score (nSPS) is 10.7. The zero-order chi connectivity index (χ0) is 15.8. The maximum absolute atomic E-state index is 11.2. The number of nitrogens with zero attached hydrogens (tertiary/aromatic N) is 5. The number of anilines is 2. The Hall–Kier alpha value is -1.96. The van der Waals surface area contributed by atoms with Gasteiger partial charge in [0.2, 0.25) is 11.8 Å². The molecule has 0 saturated carbocycles. The van der Waals surface area contributed by atoms with Gasteiger partial charge in [-0.1, -0.05) is 0 Å². The zero-order valence-electron chi connectivity index (χ0n) is 13.2. The van der Waals surface area contributed by atoms with Crippen molar-refractivity contribution in [1.29, 1.82) is 0 Å². The van der Waals surface area contributed by atoms with Crippen LogP contribution in [0.2, 0.25) is 0 Å². The van der Waals surface area contributed by atoms with Gasteiger partial charge in [-0.25, -0.2) is 4.98 Å². The lowest BCUT2D eigenvalue weighted by Crippen LogP contribution is -2.28. The van der Waals surface area contributed by atoms with Gasteiger partial charge in [-0.2, -0.15) is 4.98 Å². The highest BCUT2D eigenvalue weighted by Gasteiger charge is 2.21. The molecule has 0 aliphatic carbocycles. The highest BCUT2D eigenvalue weighted by molar-refractivity contribution is 5.58. The third-order valence-electron chi connectivity index (χ3n) is 3.00. The molecule has 8 heteroatoms. The van der Waals surface area contributed by atoms with Gasteiger partial charge in [0, 0.05) is 19.6 Å². The number of nitro groups is 1. The lowest BCUT2D eigenvalue weighted by molar-refractivity contribution is -0.384. The Kier molecular flexibility index (Phi) is 6.80. The summed E-state index contributed by atoms with van der Waals surface area (Å²) in [6.45, 7) is 6.88. The molecule has 1 rings (SSSR count). The molecule has 118 valence electrons. The average Bonchev–Trinajstić information content (AvgIpc) is 2.43. The van der Waals surface area contributed by atoms with Gasteiger partial charge in [0.1, 0.15) is 6.20 Å². The second-order valence-corrected chi connectivity index (χ2v) is 4.93. The standard InChI is InChI=1S/C13H24N6O2/c1-5-14-13-15-10-11(19(20)21)12(16-13)18(6-2)9-7-8-17(3)4/h10H,5-9H2,1-4H3,(H,14,15,16). The predicted molar refractivity (Wildman–Crippen MR) is 83.9 cm³/mol. The summed E-state index contributed by atoms with van der Waals surface area (Å²) in [6.07, 6.45) is 2.19. The number of hydrogen-bond acceptors (Lipinski definition) is 7. The Morgan fingerprint density at radius 1 is 1.33 bits per heavy atom. The van der Waals surface area contributed by atoms with Crippen molar-refractivity contribution in [2.75, 3.05) is 50.5 Å². The Bertz CT molecular complexity index is 466. The van der Waals surface area contributed by atoms with Crippen molar-refractivity contribution < 1.29 is 4.92 Å². The lowest BCUT2D eigenvalue weighted by Gasteiger charge is -2.22. The molecule has 0 aromatic carbocycles. The summed E-state index contributed by atoms with van der Waals surface area (Å²) in [7, 11) is 4.01. The van der Waals surface area contributed by atoms with E-state index in [1.807, 2.05) is 32.8 Å². The molecule has 1 heterocycles. The minimum Gasteiger partial charge on any atom is -0.354 e. The van der Waals surface area contributed by atoms with Crippen molar-refractivity contribution in [2.45, 2.75) is 20.3 Å². The van der Waals surface area contributed by atoms with E-state index in [0.717, 1.165) is 19.5 Å². The maximum atomic E-state index is 11.2. The van der Waals surface area contributed by atoms with Gasteiger partial charge in [0.25, 0.3) is 0 Å². The molecule has 0 spiro atoms. The van der Waals surface area contributed by atoms with Crippen molar-refractivity contribution in [1.82, 2.24) is 14.9 Å². The molecule has 0 aliphatic heterocycles. The van der Waals surface area contributed by atoms with Gasteiger partial charge >= 0.3 is 5.69 Å². The highest BCUT2D eigenvalue weighted by Crippen LogP contribution is 2.26. The van der Waals surface area contributed by atoms with E-state index in [-0.39, 0.29) is 5.69 Å². The van der Waals surface area contributed by atoms with Crippen LogP contribution in [0.15, 0.2) is 6.20 Å². The van der Waals surface area contributed by atoms with E-state index >= 15 is 0 Å². The van der Waals surface area contributed by atoms with Gasteiger partial charge in [-0.05, 0) is 40.9 Å². The molecule has 1 aromatic heterocycles. The first-order valence-corrected chi connectivity index (χ1v) is 7.14. The molecule has 0 aliphatic rings. The van der Waals surface area contributed by atoms with Crippen LogP contribution < -0.4 is 10.2 Å². The Morgan fingerprint density at radius 3 is 2.57 bits per heavy atom. The molecule has 0 amide bonds. The largest absolute Gasteiger partial charge is 0.354 e. The first-order valence-electron chi connectivity index (χ1n) is 7.14. The topological polar surface area (TPSA) is 87.4 Å². The molecular formula is C13H24N6O2. The molecular weight excluding hydrogens is 272 g/mol. The molecule has 1 aromatic rings. The van der Waals surface area contributed by atoms with E-state index < -0.39 is 4.92 Å². The molecule has 8 nitrogen and oxygen atoms in total. The first kappa shape index (κ1) is 17.1. The smallest absolute Gasteiger partial charge is 0.329 e. The maximum Gasteiger partial charge on any atom is 0.329 e. The highest BCUT2D eigenvalue weighted by atomic mass is 16.6. The quantitative estimate of drug-likeness (QED) is 0.547. The van der Waals surface area contributed by atoms with Crippen molar-refractivity contribution in [2.24, 2.45) is 0 Å². The SMILES string of the molecule is CCNc1ncc([N+](=O)[O-])c(N(CC)CCCN(C)C)n1. The summed E-state index contributed by atoms with van der Waals surface area (Å²) in [5.74, 6) is 0.802. The van der Waals surface area contributed by atoms with Gasteiger partial charge in [0.15, 0.2) is 0 Å². The van der Waals surface area contributed by atoms with Gasteiger partial charge < -0.3 is 15.1 Å². The fraction of sp³-hybridized carbons (Fsp3) is 0.692. The Morgan fingerprint density at radius 2 is 2.05 bits per heavy atom. The third-order valence-corrected chi connectivity index (χ3v) is 3.00. The van der Waals surface area contributed by atoms with E-state index in [9.17, 15) is 10.1 Å². The van der Waals surface area contributed by atoms with E-state index in [1.165, 1.54) is 6.20 Å². The molecule has 1 N–H and O–H groups in total. The summed E-state index contributed by atoms with van der Waals surface area (Å²) < 4.78 is 0. The van der Waals surface area contributed by atoms with Crippen molar-refractivity contribution in [3.63, 3.8) is 0 Å². The average molecular weight is 296 g/mol. The number of hydrogen-bond donors (Lipinski definition) is 1. The third kappa shape index (κ3) is 5.14. The molecule has 0 bridgehead atoms. The number of rotatable bonds is 9. The van der Waals surface area contributed by atoms with Crippen molar-refractivity contribution >= 4 is 17.5 Å². The molecule has 0 saturated heterocycles. The molecule has 0 unspecified atom stereocenters. The number of nitrogens with one attached hydrogen (secondary N) is 1. The molecule has 21 heavy (non-hydrogen) atoms. The van der Waals surface area contributed by atoms with Crippen LogP contribution in [-0.4, -0.2) is 60.1 Å². The van der Waals surface area contributed by atoms with Crippen LogP contribution >= 0.6 is 0 Å². The van der Waals surface area contributed by atoms with Crippen LogP contribution in [0, 0.1) is 10.1 Å². The van der Waals surface area contributed by atoms with E-state index in [0.29, 0.717) is 24.9 Å². The predicted octanol–water partition coefficient (Wildman–Crippen LogP) is 1.59. The van der Waals surface area contributed by atoms with Gasteiger partial charge in [-0.3, -0.25) is 10.1 Å². The molecule has 0 atom stereocenters. The molecule has 0 fully saturated rings. The summed E-state index contributed by atoms with van der Waals surface area (Å²) in [4.78, 5) is 23.0. The van der Waals surface area contributed by atoms with Crippen LogP contribution in [0.4, 0.5) is 17.5 Å². The fourth-order valence-electron chi connectivity index (χ4n) is 1.96. The fourth-order valence-corrected chi connectivity index (χ4v) is 1.96. The van der Waals surface area contributed by atoms with E-state index in [1.54, 1.807) is 0 Å². The summed E-state index contributed by atoms with van der Waals surface area (Å²) in [5, 5.41) is 14.2. The first-order chi connectivity index (χ1) is 9.99. The van der Waals surface area contributed by atoms with Crippen LogP contribution in [0.5, 0.6) is 0 Å². The Labute approximate surface area is 125 Å². The minimum absolute atomic E-state index is 0.0524. The van der Waals surface area contributed by atoms with Gasteiger partial charge in [-0.15, -0.1) is 0 Å². The van der Waals surface area contributed by atoms with E-state index in [4.69, 9.17) is 0 Å². The second-order valence-electron chi connectivity index (χ2n) is 4.93.